The maximum absolute atomic E-state index is 12.0. The zero-order chi connectivity index (χ0) is 10.3. The average molecular weight is 202 g/mol. The van der Waals surface area contributed by atoms with Gasteiger partial charge < -0.3 is 4.90 Å². The van der Waals surface area contributed by atoms with E-state index in [9.17, 15) is 4.79 Å². The largest absolute Gasteiger partial charge is 0.338 e. The van der Waals surface area contributed by atoms with Gasteiger partial charge in [0.15, 0.2) is 0 Å². The van der Waals surface area contributed by atoms with Crippen molar-refractivity contribution in [1.29, 1.82) is 0 Å². The molecule has 1 aliphatic carbocycles. The maximum atomic E-state index is 12.0. The minimum Gasteiger partial charge on any atom is -0.338 e. The minimum absolute atomic E-state index is 0.145. The van der Waals surface area contributed by atoms with Gasteiger partial charge in [0.05, 0.1) is 5.56 Å². The molecule has 0 aromatic carbocycles. The molecule has 0 bridgehead atoms. The van der Waals surface area contributed by atoms with E-state index in [1.54, 1.807) is 12.4 Å². The summed E-state index contributed by atoms with van der Waals surface area (Å²) in [5.41, 5.74) is 1.23. The molecule has 78 valence electrons. The lowest BCUT2D eigenvalue weighted by Crippen LogP contribution is -2.28. The first-order valence-corrected chi connectivity index (χ1v) is 5.48. The first kappa shape index (κ1) is 8.89. The van der Waals surface area contributed by atoms with Crippen LogP contribution in [0, 0.1) is 5.41 Å². The Hall–Kier alpha value is -1.38. The number of carbonyl (C=O) groups excluding carboxylic acids is 1. The molecular weight excluding hydrogens is 188 g/mol. The number of rotatable bonds is 1. The Bertz CT molecular complexity index is 384. The van der Waals surface area contributed by atoms with Gasteiger partial charge in [0.25, 0.3) is 5.91 Å². The van der Waals surface area contributed by atoms with E-state index in [4.69, 9.17) is 0 Å². The van der Waals surface area contributed by atoms with Gasteiger partial charge in [-0.05, 0) is 36.8 Å². The Morgan fingerprint density at radius 1 is 1.40 bits per heavy atom. The topological polar surface area (TPSA) is 33.2 Å². The van der Waals surface area contributed by atoms with Crippen LogP contribution in [-0.2, 0) is 0 Å². The van der Waals surface area contributed by atoms with Crippen molar-refractivity contribution in [3.05, 3.63) is 30.1 Å². The van der Waals surface area contributed by atoms with Crippen LogP contribution < -0.4 is 0 Å². The van der Waals surface area contributed by atoms with Crippen LogP contribution in [0.1, 0.15) is 29.6 Å². The molecule has 1 saturated heterocycles. The summed E-state index contributed by atoms with van der Waals surface area (Å²) in [5.74, 6) is 0.145. The second-order valence-electron chi connectivity index (χ2n) is 4.72. The zero-order valence-corrected chi connectivity index (χ0v) is 8.65. The van der Waals surface area contributed by atoms with E-state index in [0.717, 1.165) is 18.7 Å². The third kappa shape index (κ3) is 1.52. The van der Waals surface area contributed by atoms with E-state index in [0.29, 0.717) is 5.41 Å². The molecule has 1 saturated carbocycles. The van der Waals surface area contributed by atoms with Crippen molar-refractivity contribution < 1.29 is 4.79 Å². The second kappa shape index (κ2) is 3.05. The summed E-state index contributed by atoms with van der Waals surface area (Å²) < 4.78 is 0. The summed E-state index contributed by atoms with van der Waals surface area (Å²) in [6, 6.07) is 3.66. The molecule has 0 radical (unpaired) electrons. The Labute approximate surface area is 89.1 Å². The summed E-state index contributed by atoms with van der Waals surface area (Å²) >= 11 is 0. The van der Waals surface area contributed by atoms with Crippen LogP contribution in [0.3, 0.4) is 0 Å². The highest BCUT2D eigenvalue weighted by molar-refractivity contribution is 5.94. The molecule has 3 rings (SSSR count). The molecule has 0 atom stereocenters. The molecule has 1 aromatic rings. The van der Waals surface area contributed by atoms with Gasteiger partial charge in [0.1, 0.15) is 0 Å². The fourth-order valence-electron chi connectivity index (χ4n) is 2.37. The smallest absolute Gasteiger partial charge is 0.255 e. The van der Waals surface area contributed by atoms with Crippen molar-refractivity contribution in [2.75, 3.05) is 13.1 Å². The summed E-state index contributed by atoms with van der Waals surface area (Å²) in [7, 11) is 0. The predicted octanol–water partition coefficient (Wildman–Crippen LogP) is 1.71. The van der Waals surface area contributed by atoms with Crippen molar-refractivity contribution in [2.24, 2.45) is 5.41 Å². The Morgan fingerprint density at radius 2 is 2.27 bits per heavy atom. The van der Waals surface area contributed by atoms with Crippen molar-refractivity contribution in [2.45, 2.75) is 19.3 Å². The van der Waals surface area contributed by atoms with Gasteiger partial charge >= 0.3 is 0 Å². The molecule has 1 amide bonds. The SMILES string of the molecule is O=C(c1cccnc1)N1CCC2(CC2)C1. The van der Waals surface area contributed by atoms with Crippen LogP contribution in [-0.4, -0.2) is 28.9 Å². The maximum Gasteiger partial charge on any atom is 0.255 e. The molecule has 0 unspecified atom stereocenters. The van der Waals surface area contributed by atoms with Gasteiger partial charge in [0.2, 0.25) is 0 Å². The number of pyridine rings is 1. The van der Waals surface area contributed by atoms with Gasteiger partial charge in [-0.25, -0.2) is 0 Å². The number of aromatic nitrogens is 1. The lowest BCUT2D eigenvalue weighted by Gasteiger charge is -2.15. The highest BCUT2D eigenvalue weighted by atomic mass is 16.2. The van der Waals surface area contributed by atoms with E-state index in [1.165, 1.54) is 19.3 Å². The van der Waals surface area contributed by atoms with Gasteiger partial charge in [0, 0.05) is 25.5 Å². The molecule has 2 aliphatic rings. The van der Waals surface area contributed by atoms with Gasteiger partial charge in [-0.15, -0.1) is 0 Å². The summed E-state index contributed by atoms with van der Waals surface area (Å²) in [6.45, 7) is 1.88. The van der Waals surface area contributed by atoms with Crippen LogP contribution in [0.25, 0.3) is 0 Å². The number of hydrogen-bond acceptors (Lipinski definition) is 2. The lowest BCUT2D eigenvalue weighted by atomic mass is 10.1. The molecule has 3 nitrogen and oxygen atoms in total. The Kier molecular flexibility index (Phi) is 1.81. The van der Waals surface area contributed by atoms with Gasteiger partial charge in [-0.1, -0.05) is 0 Å². The van der Waals surface area contributed by atoms with Crippen LogP contribution in [0.15, 0.2) is 24.5 Å². The van der Waals surface area contributed by atoms with Crippen LogP contribution >= 0.6 is 0 Å². The molecule has 0 N–H and O–H groups in total. The monoisotopic (exact) mass is 202 g/mol. The normalized spacial score (nSPS) is 22.0. The zero-order valence-electron chi connectivity index (χ0n) is 8.65. The van der Waals surface area contributed by atoms with Crippen LogP contribution in [0.5, 0.6) is 0 Å². The van der Waals surface area contributed by atoms with Gasteiger partial charge in [-0.3, -0.25) is 9.78 Å². The van der Waals surface area contributed by atoms with Crippen LogP contribution in [0.2, 0.25) is 0 Å². The standard InChI is InChI=1S/C12H14N2O/c15-11(10-2-1-6-13-8-10)14-7-5-12(9-14)3-4-12/h1-2,6,8H,3-5,7,9H2. The summed E-state index contributed by atoms with van der Waals surface area (Å²) in [6.07, 6.45) is 7.16. The van der Waals surface area contributed by atoms with E-state index in [-0.39, 0.29) is 5.91 Å². The third-order valence-corrected chi connectivity index (χ3v) is 3.59. The fourth-order valence-corrected chi connectivity index (χ4v) is 2.37. The minimum atomic E-state index is 0.145. The molecule has 2 fully saturated rings. The first-order valence-electron chi connectivity index (χ1n) is 5.48. The average Bonchev–Trinajstić information content (AvgIpc) is 2.90. The number of carbonyl (C=O) groups is 1. The summed E-state index contributed by atoms with van der Waals surface area (Å²) in [4.78, 5) is 18.0. The van der Waals surface area contributed by atoms with Crippen molar-refractivity contribution in [3.63, 3.8) is 0 Å². The number of hydrogen-bond donors (Lipinski definition) is 0. The van der Waals surface area contributed by atoms with Gasteiger partial charge in [-0.2, -0.15) is 0 Å². The molecular formula is C12H14N2O. The molecule has 1 aromatic heterocycles. The van der Waals surface area contributed by atoms with Crippen molar-refractivity contribution in [3.8, 4) is 0 Å². The molecule has 15 heavy (non-hydrogen) atoms. The van der Waals surface area contributed by atoms with Crippen LogP contribution in [0.4, 0.5) is 0 Å². The number of likely N-dealkylation sites (tertiary alicyclic amines) is 1. The molecule has 3 heteroatoms. The lowest BCUT2D eigenvalue weighted by molar-refractivity contribution is 0.0784. The summed E-state index contributed by atoms with van der Waals surface area (Å²) in [5, 5.41) is 0. The Balaban J connectivity index is 1.76. The van der Waals surface area contributed by atoms with Crippen molar-refractivity contribution in [1.82, 2.24) is 9.88 Å². The number of amides is 1. The fraction of sp³-hybridized carbons (Fsp3) is 0.500. The van der Waals surface area contributed by atoms with Crippen molar-refractivity contribution >= 4 is 5.91 Å². The quantitative estimate of drug-likeness (QED) is 0.694. The Morgan fingerprint density at radius 3 is 2.87 bits per heavy atom. The molecule has 2 heterocycles. The third-order valence-electron chi connectivity index (χ3n) is 3.59. The molecule has 1 spiro atoms. The predicted molar refractivity (Wildman–Crippen MR) is 56.4 cm³/mol. The van der Waals surface area contributed by atoms with E-state index < -0.39 is 0 Å². The van der Waals surface area contributed by atoms with E-state index in [2.05, 4.69) is 4.98 Å². The second-order valence-corrected chi connectivity index (χ2v) is 4.72. The highest BCUT2D eigenvalue weighted by Gasteiger charge is 2.48. The number of nitrogens with zero attached hydrogens (tertiary/aromatic N) is 2. The highest BCUT2D eigenvalue weighted by Crippen LogP contribution is 2.52. The van der Waals surface area contributed by atoms with E-state index >= 15 is 0 Å². The first-order chi connectivity index (χ1) is 7.29. The molecule has 1 aliphatic heterocycles. The van der Waals surface area contributed by atoms with E-state index in [1.807, 2.05) is 17.0 Å².